The quantitative estimate of drug-likeness (QED) is 0.813. The van der Waals surface area contributed by atoms with E-state index in [1.54, 1.807) is 12.1 Å². The van der Waals surface area contributed by atoms with Gasteiger partial charge in [0.15, 0.2) is 5.54 Å². The van der Waals surface area contributed by atoms with Gasteiger partial charge < -0.3 is 15.6 Å². The first-order chi connectivity index (χ1) is 7.42. The van der Waals surface area contributed by atoms with Gasteiger partial charge in [0.25, 0.3) is 0 Å². The van der Waals surface area contributed by atoms with Gasteiger partial charge in [-0.25, -0.2) is 9.18 Å². The highest BCUT2D eigenvalue weighted by molar-refractivity contribution is 5.81. The molecular weight excluding hydrogens is 213 g/mol. The zero-order valence-corrected chi connectivity index (χ0v) is 9.11. The molecule has 16 heavy (non-hydrogen) atoms. The minimum Gasteiger partial charge on any atom is -0.497 e. The van der Waals surface area contributed by atoms with E-state index in [-0.39, 0.29) is 5.56 Å². The number of carbonyl (C=O) groups is 1. The topological polar surface area (TPSA) is 72.5 Å². The third kappa shape index (κ3) is 1.99. The van der Waals surface area contributed by atoms with Crippen LogP contribution in [0.2, 0.25) is 0 Å². The predicted octanol–water partition coefficient (Wildman–Crippen LogP) is 1.29. The third-order valence-electron chi connectivity index (χ3n) is 2.53. The van der Waals surface area contributed by atoms with Gasteiger partial charge in [-0.15, -0.1) is 0 Å². The smallest absolute Gasteiger partial charge is 0.331 e. The SMILES string of the molecule is COc1cccc(C(N)(C(=O)O)C(C)F)c1. The Morgan fingerprint density at radius 3 is 2.69 bits per heavy atom. The van der Waals surface area contributed by atoms with Gasteiger partial charge in [0.2, 0.25) is 0 Å². The van der Waals surface area contributed by atoms with Gasteiger partial charge >= 0.3 is 5.97 Å². The van der Waals surface area contributed by atoms with Crippen LogP contribution in [0.5, 0.6) is 5.75 Å². The standard InChI is InChI=1S/C11H14FNO3/c1-7(12)11(13,10(14)15)8-4-3-5-9(6-8)16-2/h3-7H,13H2,1-2H3,(H,14,15). The first-order valence-corrected chi connectivity index (χ1v) is 4.73. The van der Waals surface area contributed by atoms with Gasteiger partial charge in [0.05, 0.1) is 7.11 Å². The number of aliphatic carboxylic acids is 1. The van der Waals surface area contributed by atoms with E-state index in [9.17, 15) is 9.18 Å². The van der Waals surface area contributed by atoms with Gasteiger partial charge in [-0.3, -0.25) is 0 Å². The van der Waals surface area contributed by atoms with Crippen LogP contribution >= 0.6 is 0 Å². The summed E-state index contributed by atoms with van der Waals surface area (Å²) in [4.78, 5) is 11.1. The summed E-state index contributed by atoms with van der Waals surface area (Å²) in [5.41, 5.74) is 3.73. The Labute approximate surface area is 92.8 Å². The molecule has 1 aromatic carbocycles. The first kappa shape index (κ1) is 12.4. The molecule has 2 atom stereocenters. The maximum atomic E-state index is 13.4. The molecule has 3 N–H and O–H groups in total. The number of carboxylic acid groups (broad SMARTS) is 1. The fourth-order valence-electron chi connectivity index (χ4n) is 1.40. The summed E-state index contributed by atoms with van der Waals surface area (Å²) in [6, 6.07) is 6.09. The average molecular weight is 227 g/mol. The molecular formula is C11H14FNO3. The first-order valence-electron chi connectivity index (χ1n) is 4.73. The number of ether oxygens (including phenoxy) is 1. The molecule has 0 aliphatic heterocycles. The van der Waals surface area contributed by atoms with E-state index in [4.69, 9.17) is 15.6 Å². The second-order valence-electron chi connectivity index (χ2n) is 3.52. The molecule has 4 nitrogen and oxygen atoms in total. The van der Waals surface area contributed by atoms with E-state index >= 15 is 0 Å². The van der Waals surface area contributed by atoms with Crippen molar-refractivity contribution >= 4 is 5.97 Å². The number of methoxy groups -OCH3 is 1. The van der Waals surface area contributed by atoms with Crippen LogP contribution in [0, 0.1) is 0 Å². The van der Waals surface area contributed by atoms with Crippen LogP contribution < -0.4 is 10.5 Å². The molecule has 1 rings (SSSR count). The lowest BCUT2D eigenvalue weighted by molar-refractivity contribution is -0.146. The number of carboxylic acids is 1. The molecule has 0 saturated carbocycles. The Bertz CT molecular complexity index is 395. The van der Waals surface area contributed by atoms with Crippen LogP contribution in [-0.4, -0.2) is 24.4 Å². The molecule has 0 fully saturated rings. The van der Waals surface area contributed by atoms with Crippen molar-refractivity contribution in [1.29, 1.82) is 0 Å². The minimum atomic E-state index is -2.05. The Hall–Kier alpha value is -1.62. The lowest BCUT2D eigenvalue weighted by Gasteiger charge is -2.26. The number of nitrogens with two attached hydrogens (primary N) is 1. The largest absolute Gasteiger partial charge is 0.497 e. The maximum absolute atomic E-state index is 13.4. The summed E-state index contributed by atoms with van der Waals surface area (Å²) in [5.74, 6) is -0.968. The number of benzene rings is 1. The number of hydrogen-bond acceptors (Lipinski definition) is 3. The summed E-state index contributed by atoms with van der Waals surface area (Å²) in [5, 5.41) is 9.01. The van der Waals surface area contributed by atoms with Crippen molar-refractivity contribution in [1.82, 2.24) is 0 Å². The van der Waals surface area contributed by atoms with Crippen LogP contribution in [0.25, 0.3) is 0 Å². The highest BCUT2D eigenvalue weighted by Gasteiger charge is 2.42. The van der Waals surface area contributed by atoms with Crippen molar-refractivity contribution in [3.63, 3.8) is 0 Å². The fourth-order valence-corrected chi connectivity index (χ4v) is 1.40. The average Bonchev–Trinajstić information content (AvgIpc) is 2.27. The normalized spacial score (nSPS) is 16.2. The minimum absolute atomic E-state index is 0.175. The molecule has 0 spiro atoms. The van der Waals surface area contributed by atoms with Crippen molar-refractivity contribution < 1.29 is 19.0 Å². The summed E-state index contributed by atoms with van der Waals surface area (Å²) in [6.07, 6.45) is -1.71. The van der Waals surface area contributed by atoms with Crippen LogP contribution in [-0.2, 0) is 10.3 Å². The van der Waals surface area contributed by atoms with E-state index in [1.165, 1.54) is 19.2 Å². The molecule has 5 heteroatoms. The van der Waals surface area contributed by atoms with Gasteiger partial charge in [-0.2, -0.15) is 0 Å². The Balaban J connectivity index is 3.26. The molecule has 88 valence electrons. The van der Waals surface area contributed by atoms with Gasteiger partial charge in [-0.05, 0) is 24.6 Å². The lowest BCUT2D eigenvalue weighted by atomic mass is 9.87. The molecule has 1 aromatic rings. The Morgan fingerprint density at radius 1 is 1.62 bits per heavy atom. The van der Waals surface area contributed by atoms with E-state index < -0.39 is 17.7 Å². The van der Waals surface area contributed by atoms with Crippen LogP contribution in [0.4, 0.5) is 4.39 Å². The molecule has 0 radical (unpaired) electrons. The van der Waals surface area contributed by atoms with E-state index in [2.05, 4.69) is 0 Å². The van der Waals surface area contributed by atoms with Crippen LogP contribution in [0.3, 0.4) is 0 Å². The molecule has 0 aliphatic carbocycles. The molecule has 0 aromatic heterocycles. The van der Waals surface area contributed by atoms with Gasteiger partial charge in [0, 0.05) is 0 Å². The zero-order chi connectivity index (χ0) is 12.3. The summed E-state index contributed by atoms with van der Waals surface area (Å²) in [7, 11) is 1.44. The zero-order valence-electron chi connectivity index (χ0n) is 9.11. The number of rotatable bonds is 4. The molecule has 2 unspecified atom stereocenters. The molecule has 0 amide bonds. The Kier molecular flexibility index (Phi) is 3.49. The molecule has 0 heterocycles. The number of hydrogen-bond donors (Lipinski definition) is 2. The molecule has 0 saturated heterocycles. The van der Waals surface area contributed by atoms with Crippen molar-refractivity contribution in [2.24, 2.45) is 5.73 Å². The fraction of sp³-hybridized carbons (Fsp3) is 0.364. The second-order valence-corrected chi connectivity index (χ2v) is 3.52. The van der Waals surface area contributed by atoms with E-state index in [0.717, 1.165) is 6.92 Å². The monoisotopic (exact) mass is 227 g/mol. The Morgan fingerprint density at radius 2 is 2.25 bits per heavy atom. The van der Waals surface area contributed by atoms with Gasteiger partial charge in [-0.1, -0.05) is 12.1 Å². The summed E-state index contributed by atoms with van der Waals surface area (Å²) >= 11 is 0. The summed E-state index contributed by atoms with van der Waals surface area (Å²) in [6.45, 7) is 1.12. The predicted molar refractivity (Wildman–Crippen MR) is 57.1 cm³/mol. The third-order valence-corrected chi connectivity index (χ3v) is 2.53. The van der Waals surface area contributed by atoms with Gasteiger partial charge in [0.1, 0.15) is 11.9 Å². The van der Waals surface area contributed by atoms with Crippen molar-refractivity contribution in [3.8, 4) is 5.75 Å². The maximum Gasteiger partial charge on any atom is 0.331 e. The van der Waals surface area contributed by atoms with E-state index in [1.807, 2.05) is 0 Å². The van der Waals surface area contributed by atoms with Crippen molar-refractivity contribution in [2.75, 3.05) is 7.11 Å². The van der Waals surface area contributed by atoms with Crippen LogP contribution in [0.15, 0.2) is 24.3 Å². The highest BCUT2D eigenvalue weighted by Crippen LogP contribution is 2.27. The molecule has 0 aliphatic rings. The number of alkyl halides is 1. The van der Waals surface area contributed by atoms with Crippen molar-refractivity contribution in [2.45, 2.75) is 18.6 Å². The summed E-state index contributed by atoms with van der Waals surface area (Å²) < 4.78 is 18.3. The lowest BCUT2D eigenvalue weighted by Crippen LogP contribution is -2.51. The van der Waals surface area contributed by atoms with E-state index in [0.29, 0.717) is 5.75 Å². The second kappa shape index (κ2) is 4.49. The number of halogens is 1. The highest BCUT2D eigenvalue weighted by atomic mass is 19.1. The molecule has 0 bridgehead atoms. The van der Waals surface area contributed by atoms with Crippen LogP contribution in [0.1, 0.15) is 12.5 Å². The van der Waals surface area contributed by atoms with Crippen molar-refractivity contribution in [3.05, 3.63) is 29.8 Å².